The maximum absolute atomic E-state index is 12.5. The number of rotatable bonds is 5. The Morgan fingerprint density at radius 1 is 1.46 bits per heavy atom. The van der Waals surface area contributed by atoms with Gasteiger partial charge in [-0.25, -0.2) is 4.79 Å². The summed E-state index contributed by atoms with van der Waals surface area (Å²) in [5, 5.41) is 5.68. The van der Waals surface area contributed by atoms with Crippen molar-refractivity contribution >= 4 is 29.2 Å². The third kappa shape index (κ3) is 4.83. The third-order valence-corrected chi connectivity index (χ3v) is 4.10. The fourth-order valence-electron chi connectivity index (χ4n) is 2.43. The Bertz CT molecular complexity index is 597. The number of carbonyl (C=O) groups is 2. The third-order valence-electron chi connectivity index (χ3n) is 3.77. The van der Waals surface area contributed by atoms with E-state index in [1.807, 2.05) is 0 Å². The standard InChI is InChI=1S/C16H22ClN3O4/c1-18-15(21)11-3-4-13(17)14(9-11)19-16(22)20-6-8-24-12(10-20)5-7-23-2/h3-4,9,12H,5-8,10H2,1-2H3,(H,18,21)(H,19,22)/t12-/m0/s1. The van der Waals surface area contributed by atoms with Gasteiger partial charge in [-0.2, -0.15) is 0 Å². The molecular formula is C16H22ClN3O4. The first-order valence-corrected chi connectivity index (χ1v) is 8.11. The molecule has 7 nitrogen and oxygen atoms in total. The molecule has 0 unspecified atom stereocenters. The summed E-state index contributed by atoms with van der Waals surface area (Å²) in [4.78, 5) is 25.8. The molecule has 1 aromatic rings. The smallest absolute Gasteiger partial charge is 0.322 e. The summed E-state index contributed by atoms with van der Waals surface area (Å²) >= 11 is 6.12. The molecule has 0 radical (unpaired) electrons. The van der Waals surface area contributed by atoms with E-state index in [9.17, 15) is 9.59 Å². The van der Waals surface area contributed by atoms with Gasteiger partial charge >= 0.3 is 6.03 Å². The van der Waals surface area contributed by atoms with Crippen molar-refractivity contribution in [2.75, 3.05) is 45.8 Å². The fourth-order valence-corrected chi connectivity index (χ4v) is 2.59. The van der Waals surface area contributed by atoms with Crippen LogP contribution in [0.5, 0.6) is 0 Å². The summed E-state index contributed by atoms with van der Waals surface area (Å²) in [6, 6.07) is 4.48. The number of amides is 3. The van der Waals surface area contributed by atoms with Gasteiger partial charge in [-0.05, 0) is 24.6 Å². The van der Waals surface area contributed by atoms with E-state index in [1.54, 1.807) is 37.3 Å². The zero-order chi connectivity index (χ0) is 17.5. The van der Waals surface area contributed by atoms with Crippen LogP contribution in [0.15, 0.2) is 18.2 Å². The van der Waals surface area contributed by atoms with Gasteiger partial charge in [0.2, 0.25) is 0 Å². The van der Waals surface area contributed by atoms with Crippen molar-refractivity contribution in [3.8, 4) is 0 Å². The molecule has 0 aromatic heterocycles. The Hall–Kier alpha value is -1.83. The lowest BCUT2D eigenvalue weighted by Gasteiger charge is -2.33. The van der Waals surface area contributed by atoms with Crippen molar-refractivity contribution in [1.82, 2.24) is 10.2 Å². The molecule has 1 aliphatic heterocycles. The number of anilines is 1. The van der Waals surface area contributed by atoms with E-state index in [-0.39, 0.29) is 18.0 Å². The summed E-state index contributed by atoms with van der Waals surface area (Å²) in [5.74, 6) is -0.242. The summed E-state index contributed by atoms with van der Waals surface area (Å²) in [6.07, 6.45) is 0.685. The zero-order valence-electron chi connectivity index (χ0n) is 13.8. The van der Waals surface area contributed by atoms with E-state index in [2.05, 4.69) is 10.6 Å². The Balaban J connectivity index is 2.02. The maximum Gasteiger partial charge on any atom is 0.322 e. The number of nitrogens with zero attached hydrogens (tertiary/aromatic N) is 1. The van der Waals surface area contributed by atoms with Crippen LogP contribution in [-0.2, 0) is 9.47 Å². The molecule has 2 rings (SSSR count). The Labute approximate surface area is 146 Å². The number of hydrogen-bond donors (Lipinski definition) is 2. The van der Waals surface area contributed by atoms with Crippen LogP contribution in [0.1, 0.15) is 16.8 Å². The molecule has 1 saturated heterocycles. The highest BCUT2D eigenvalue weighted by atomic mass is 35.5. The van der Waals surface area contributed by atoms with Gasteiger partial charge in [0.15, 0.2) is 0 Å². The molecule has 0 spiro atoms. The van der Waals surface area contributed by atoms with Crippen molar-refractivity contribution < 1.29 is 19.1 Å². The quantitative estimate of drug-likeness (QED) is 0.846. The second kappa shape index (κ2) is 8.86. The lowest BCUT2D eigenvalue weighted by atomic mass is 10.2. The number of hydrogen-bond acceptors (Lipinski definition) is 4. The number of ether oxygens (including phenoxy) is 2. The van der Waals surface area contributed by atoms with Gasteiger partial charge in [-0.3, -0.25) is 4.79 Å². The van der Waals surface area contributed by atoms with Crippen LogP contribution in [0.3, 0.4) is 0 Å². The van der Waals surface area contributed by atoms with E-state index < -0.39 is 0 Å². The van der Waals surface area contributed by atoms with Gasteiger partial charge in [0.25, 0.3) is 5.91 Å². The Kier molecular flexibility index (Phi) is 6.84. The number of urea groups is 1. The highest BCUT2D eigenvalue weighted by Crippen LogP contribution is 2.24. The molecule has 1 heterocycles. The number of nitrogens with one attached hydrogen (secondary N) is 2. The van der Waals surface area contributed by atoms with Gasteiger partial charge in [-0.1, -0.05) is 11.6 Å². The molecule has 1 atom stereocenters. The van der Waals surface area contributed by atoms with Crippen LogP contribution in [-0.4, -0.2) is 63.4 Å². The van der Waals surface area contributed by atoms with Crippen molar-refractivity contribution in [2.45, 2.75) is 12.5 Å². The van der Waals surface area contributed by atoms with Gasteiger partial charge in [0, 0.05) is 39.4 Å². The van der Waals surface area contributed by atoms with Crippen molar-refractivity contribution in [3.63, 3.8) is 0 Å². The first-order chi connectivity index (χ1) is 11.5. The topological polar surface area (TPSA) is 79.9 Å². The SMILES string of the molecule is CNC(=O)c1ccc(Cl)c(NC(=O)N2CCO[C@@H](CCOC)C2)c1. The minimum absolute atomic E-state index is 0.0443. The molecule has 1 aliphatic rings. The molecule has 1 fully saturated rings. The Morgan fingerprint density at radius 3 is 2.96 bits per heavy atom. The molecule has 3 amide bonds. The van der Waals surface area contributed by atoms with Crippen molar-refractivity contribution in [2.24, 2.45) is 0 Å². The maximum atomic E-state index is 12.5. The normalized spacial score (nSPS) is 17.5. The number of benzene rings is 1. The first kappa shape index (κ1) is 18.5. The van der Waals surface area contributed by atoms with Crippen LogP contribution >= 0.6 is 11.6 Å². The van der Waals surface area contributed by atoms with Gasteiger partial charge in [0.05, 0.1) is 23.4 Å². The predicted molar refractivity (Wildman–Crippen MR) is 91.7 cm³/mol. The van der Waals surface area contributed by atoms with E-state index in [1.165, 1.54) is 0 Å². The largest absolute Gasteiger partial charge is 0.385 e. The molecular weight excluding hydrogens is 334 g/mol. The van der Waals surface area contributed by atoms with Gasteiger partial charge < -0.3 is 25.0 Å². The minimum Gasteiger partial charge on any atom is -0.385 e. The lowest BCUT2D eigenvalue weighted by Crippen LogP contribution is -2.47. The van der Waals surface area contributed by atoms with Crippen molar-refractivity contribution in [1.29, 1.82) is 0 Å². The van der Waals surface area contributed by atoms with E-state index in [0.29, 0.717) is 42.6 Å². The Morgan fingerprint density at radius 2 is 2.25 bits per heavy atom. The molecule has 1 aromatic carbocycles. The van der Waals surface area contributed by atoms with Crippen LogP contribution < -0.4 is 10.6 Å². The predicted octanol–water partition coefficient (Wildman–Crippen LogP) is 1.97. The molecule has 0 bridgehead atoms. The summed E-state index contributed by atoms with van der Waals surface area (Å²) in [7, 11) is 3.18. The van der Waals surface area contributed by atoms with Crippen LogP contribution in [0.4, 0.5) is 10.5 Å². The van der Waals surface area contributed by atoms with Gasteiger partial charge in [-0.15, -0.1) is 0 Å². The first-order valence-electron chi connectivity index (χ1n) is 7.73. The van der Waals surface area contributed by atoms with Crippen LogP contribution in [0.2, 0.25) is 5.02 Å². The molecule has 8 heteroatoms. The zero-order valence-corrected chi connectivity index (χ0v) is 14.6. The molecule has 2 N–H and O–H groups in total. The van der Waals surface area contributed by atoms with E-state index in [0.717, 1.165) is 6.42 Å². The molecule has 0 aliphatic carbocycles. The van der Waals surface area contributed by atoms with E-state index in [4.69, 9.17) is 21.1 Å². The fraction of sp³-hybridized carbons (Fsp3) is 0.500. The van der Waals surface area contributed by atoms with Crippen LogP contribution in [0.25, 0.3) is 0 Å². The minimum atomic E-state index is -0.267. The van der Waals surface area contributed by atoms with Crippen molar-refractivity contribution in [3.05, 3.63) is 28.8 Å². The second-order valence-corrected chi connectivity index (χ2v) is 5.83. The number of methoxy groups -OCH3 is 1. The highest BCUT2D eigenvalue weighted by molar-refractivity contribution is 6.33. The second-order valence-electron chi connectivity index (χ2n) is 5.42. The average Bonchev–Trinajstić information content (AvgIpc) is 2.61. The molecule has 24 heavy (non-hydrogen) atoms. The number of halogens is 1. The average molecular weight is 356 g/mol. The number of carbonyl (C=O) groups excluding carboxylic acids is 2. The van der Waals surface area contributed by atoms with E-state index >= 15 is 0 Å². The summed E-state index contributed by atoms with van der Waals surface area (Å²) in [6.45, 7) is 2.05. The molecule has 0 saturated carbocycles. The number of morpholine rings is 1. The monoisotopic (exact) mass is 355 g/mol. The van der Waals surface area contributed by atoms with Gasteiger partial charge in [0.1, 0.15) is 0 Å². The highest BCUT2D eigenvalue weighted by Gasteiger charge is 2.24. The summed E-state index contributed by atoms with van der Waals surface area (Å²) in [5.41, 5.74) is 0.833. The van der Waals surface area contributed by atoms with Crippen LogP contribution in [0, 0.1) is 0 Å². The molecule has 132 valence electrons. The lowest BCUT2D eigenvalue weighted by molar-refractivity contribution is -0.0260. The summed E-state index contributed by atoms with van der Waals surface area (Å²) < 4.78 is 10.7.